The Morgan fingerprint density at radius 2 is 2.21 bits per heavy atom. The fraction of sp³-hybridized carbons (Fsp3) is 0.429. The second-order valence-electron chi connectivity index (χ2n) is 5.03. The quantitative estimate of drug-likeness (QED) is 0.889. The largest absolute Gasteiger partial charge is 0.476 e. The average molecular weight is 259 g/mol. The molecule has 5 heteroatoms. The molecule has 0 radical (unpaired) electrons. The van der Waals surface area contributed by atoms with Gasteiger partial charge < -0.3 is 14.8 Å². The van der Waals surface area contributed by atoms with Gasteiger partial charge in [-0.15, -0.1) is 0 Å². The third kappa shape index (κ3) is 1.95. The van der Waals surface area contributed by atoms with E-state index < -0.39 is 5.97 Å². The highest BCUT2D eigenvalue weighted by molar-refractivity contribution is 5.94. The molecule has 0 saturated heterocycles. The van der Waals surface area contributed by atoms with Crippen molar-refractivity contribution in [2.24, 2.45) is 0 Å². The van der Waals surface area contributed by atoms with Crippen molar-refractivity contribution in [3.8, 4) is 0 Å². The zero-order valence-electron chi connectivity index (χ0n) is 10.9. The molecule has 19 heavy (non-hydrogen) atoms. The van der Waals surface area contributed by atoms with Crippen molar-refractivity contribution in [1.29, 1.82) is 0 Å². The molecule has 0 atom stereocenters. The van der Waals surface area contributed by atoms with Gasteiger partial charge in [0.1, 0.15) is 5.82 Å². The van der Waals surface area contributed by atoms with Gasteiger partial charge in [-0.1, -0.05) is 12.8 Å². The van der Waals surface area contributed by atoms with E-state index in [-0.39, 0.29) is 5.69 Å². The first-order chi connectivity index (χ1) is 9.20. The number of carboxylic acids is 1. The van der Waals surface area contributed by atoms with Gasteiger partial charge >= 0.3 is 5.97 Å². The Labute approximate surface area is 111 Å². The van der Waals surface area contributed by atoms with Crippen LogP contribution < -0.4 is 5.32 Å². The van der Waals surface area contributed by atoms with Crippen LogP contribution in [0, 0.1) is 0 Å². The highest BCUT2D eigenvalue weighted by Gasteiger charge is 2.25. The van der Waals surface area contributed by atoms with Gasteiger partial charge in [-0.2, -0.15) is 0 Å². The van der Waals surface area contributed by atoms with E-state index in [1.54, 1.807) is 0 Å². The summed E-state index contributed by atoms with van der Waals surface area (Å²) in [6, 6.07) is 3.79. The Bertz CT molecular complexity index is 627. The number of fused-ring (bicyclic) bond motifs is 1. The zero-order valence-corrected chi connectivity index (χ0v) is 10.9. The Morgan fingerprint density at radius 1 is 1.47 bits per heavy atom. The molecule has 1 aliphatic carbocycles. The number of aromatic nitrogens is 2. The summed E-state index contributed by atoms with van der Waals surface area (Å²) in [6.45, 7) is 0. The van der Waals surface area contributed by atoms with Crippen LogP contribution in [0.2, 0.25) is 0 Å². The highest BCUT2D eigenvalue weighted by atomic mass is 16.4. The molecule has 5 nitrogen and oxygen atoms in total. The molecule has 0 aliphatic heterocycles. The van der Waals surface area contributed by atoms with Gasteiger partial charge in [0.05, 0.1) is 5.52 Å². The molecule has 0 bridgehead atoms. The number of pyridine rings is 1. The molecular weight excluding hydrogens is 242 g/mol. The topological polar surface area (TPSA) is 66.6 Å². The summed E-state index contributed by atoms with van der Waals surface area (Å²) in [5.74, 6) is 0.323. The van der Waals surface area contributed by atoms with Gasteiger partial charge in [0, 0.05) is 24.8 Å². The molecule has 0 amide bonds. The summed E-state index contributed by atoms with van der Waals surface area (Å²) in [6.07, 6.45) is 6.53. The SMILES string of the molecule is CNc1ccn2c(C3CCCC3)nc(C(=O)O)c2c1. The lowest BCUT2D eigenvalue weighted by atomic mass is 10.1. The number of hydrogen-bond acceptors (Lipinski definition) is 3. The van der Waals surface area contributed by atoms with E-state index in [0.717, 1.165) is 24.4 Å². The third-order valence-corrected chi connectivity index (χ3v) is 3.88. The van der Waals surface area contributed by atoms with Crippen molar-refractivity contribution in [2.75, 3.05) is 12.4 Å². The molecule has 1 saturated carbocycles. The smallest absolute Gasteiger partial charge is 0.356 e. The van der Waals surface area contributed by atoms with E-state index in [2.05, 4.69) is 10.3 Å². The van der Waals surface area contributed by atoms with Crippen molar-refractivity contribution in [1.82, 2.24) is 9.38 Å². The minimum absolute atomic E-state index is 0.152. The van der Waals surface area contributed by atoms with Gasteiger partial charge in [0.15, 0.2) is 5.69 Å². The van der Waals surface area contributed by atoms with E-state index in [1.807, 2.05) is 29.8 Å². The fourth-order valence-electron chi connectivity index (χ4n) is 2.89. The van der Waals surface area contributed by atoms with Crippen LogP contribution in [0.1, 0.15) is 47.9 Å². The fourth-order valence-corrected chi connectivity index (χ4v) is 2.89. The molecule has 0 unspecified atom stereocenters. The Balaban J connectivity index is 2.20. The number of imidazole rings is 1. The van der Waals surface area contributed by atoms with E-state index in [4.69, 9.17) is 0 Å². The summed E-state index contributed by atoms with van der Waals surface area (Å²) in [5, 5.41) is 12.3. The second kappa shape index (κ2) is 4.57. The van der Waals surface area contributed by atoms with Gasteiger partial charge in [-0.05, 0) is 25.0 Å². The van der Waals surface area contributed by atoms with Crippen molar-refractivity contribution in [2.45, 2.75) is 31.6 Å². The third-order valence-electron chi connectivity index (χ3n) is 3.88. The van der Waals surface area contributed by atoms with Crippen LogP contribution in [0.25, 0.3) is 5.52 Å². The van der Waals surface area contributed by atoms with Gasteiger partial charge in [0.2, 0.25) is 0 Å². The number of carboxylic acid groups (broad SMARTS) is 1. The Kier molecular flexibility index (Phi) is 2.89. The summed E-state index contributed by atoms with van der Waals surface area (Å²) >= 11 is 0. The van der Waals surface area contributed by atoms with Crippen LogP contribution in [-0.2, 0) is 0 Å². The van der Waals surface area contributed by atoms with E-state index >= 15 is 0 Å². The maximum Gasteiger partial charge on any atom is 0.356 e. The van der Waals surface area contributed by atoms with Crippen molar-refractivity contribution in [3.05, 3.63) is 29.8 Å². The molecule has 2 aromatic rings. The standard InChI is InChI=1S/C14H17N3O2/c1-15-10-6-7-17-11(8-10)12(14(18)19)16-13(17)9-4-2-3-5-9/h6-9,15H,2-5H2,1H3,(H,18,19). The lowest BCUT2D eigenvalue weighted by Crippen LogP contribution is -2.00. The molecular formula is C14H17N3O2. The maximum atomic E-state index is 11.3. The summed E-state index contributed by atoms with van der Waals surface area (Å²) in [4.78, 5) is 15.7. The molecule has 0 aromatic carbocycles. The summed E-state index contributed by atoms with van der Waals surface area (Å²) < 4.78 is 1.93. The number of aromatic carboxylic acids is 1. The Hall–Kier alpha value is -2.04. The summed E-state index contributed by atoms with van der Waals surface area (Å²) in [7, 11) is 1.82. The van der Waals surface area contributed by atoms with Crippen LogP contribution in [0.5, 0.6) is 0 Å². The number of hydrogen-bond donors (Lipinski definition) is 2. The summed E-state index contributed by atoms with van der Waals surface area (Å²) in [5.41, 5.74) is 1.72. The van der Waals surface area contributed by atoms with Crippen LogP contribution in [0.15, 0.2) is 18.3 Å². The molecule has 1 aliphatic rings. The molecule has 2 heterocycles. The van der Waals surface area contributed by atoms with Crippen LogP contribution in [0.4, 0.5) is 5.69 Å². The molecule has 2 N–H and O–H groups in total. The van der Waals surface area contributed by atoms with Crippen LogP contribution in [0.3, 0.4) is 0 Å². The Morgan fingerprint density at radius 3 is 2.84 bits per heavy atom. The first kappa shape index (κ1) is 12.0. The molecule has 100 valence electrons. The van der Waals surface area contributed by atoms with Crippen molar-refractivity contribution in [3.63, 3.8) is 0 Å². The second-order valence-corrected chi connectivity index (χ2v) is 5.03. The van der Waals surface area contributed by atoms with E-state index in [1.165, 1.54) is 12.8 Å². The van der Waals surface area contributed by atoms with Gasteiger partial charge in [-0.3, -0.25) is 0 Å². The normalized spacial score (nSPS) is 16.1. The first-order valence-corrected chi connectivity index (χ1v) is 6.63. The molecule has 1 fully saturated rings. The molecule has 0 spiro atoms. The van der Waals surface area contributed by atoms with Crippen molar-refractivity contribution < 1.29 is 9.90 Å². The van der Waals surface area contributed by atoms with Gasteiger partial charge in [0.25, 0.3) is 0 Å². The van der Waals surface area contributed by atoms with Crippen molar-refractivity contribution >= 4 is 17.2 Å². The number of nitrogens with zero attached hydrogens (tertiary/aromatic N) is 2. The number of anilines is 1. The molecule has 3 rings (SSSR count). The molecule has 2 aromatic heterocycles. The lowest BCUT2D eigenvalue weighted by Gasteiger charge is -2.08. The van der Waals surface area contributed by atoms with Gasteiger partial charge in [-0.25, -0.2) is 9.78 Å². The average Bonchev–Trinajstić information content (AvgIpc) is 3.04. The maximum absolute atomic E-state index is 11.3. The monoisotopic (exact) mass is 259 g/mol. The van der Waals surface area contributed by atoms with E-state index in [0.29, 0.717) is 11.4 Å². The lowest BCUT2D eigenvalue weighted by molar-refractivity contribution is 0.0693. The number of nitrogens with one attached hydrogen (secondary N) is 1. The minimum Gasteiger partial charge on any atom is -0.476 e. The predicted molar refractivity (Wildman–Crippen MR) is 72.9 cm³/mol. The first-order valence-electron chi connectivity index (χ1n) is 6.63. The van der Waals surface area contributed by atoms with Crippen LogP contribution >= 0.6 is 0 Å². The number of carbonyl (C=O) groups is 1. The number of rotatable bonds is 3. The predicted octanol–water partition coefficient (Wildman–Crippen LogP) is 2.73. The van der Waals surface area contributed by atoms with E-state index in [9.17, 15) is 9.90 Å². The van der Waals surface area contributed by atoms with Crippen LogP contribution in [-0.4, -0.2) is 27.5 Å². The minimum atomic E-state index is -0.963. The highest BCUT2D eigenvalue weighted by Crippen LogP contribution is 2.34. The zero-order chi connectivity index (χ0) is 13.4.